The summed E-state index contributed by atoms with van der Waals surface area (Å²) in [5, 5.41) is 3.36. The summed E-state index contributed by atoms with van der Waals surface area (Å²) in [4.78, 5) is 2.31. The lowest BCUT2D eigenvalue weighted by atomic mass is 9.88. The molecule has 0 amide bonds. The molecule has 1 aromatic carbocycles. The number of benzene rings is 1. The first-order chi connectivity index (χ1) is 11.5. The van der Waals surface area contributed by atoms with Crippen LogP contribution in [-0.2, 0) is 12.7 Å². The van der Waals surface area contributed by atoms with E-state index in [1.54, 1.807) is 12.1 Å². The molecule has 24 heavy (non-hydrogen) atoms. The van der Waals surface area contributed by atoms with Gasteiger partial charge in [0, 0.05) is 25.7 Å². The average molecular weight is 340 g/mol. The van der Waals surface area contributed by atoms with Gasteiger partial charge in [0.2, 0.25) is 0 Å². The highest BCUT2D eigenvalue weighted by atomic mass is 19.4. The zero-order valence-corrected chi connectivity index (χ0v) is 14.1. The van der Waals surface area contributed by atoms with Crippen molar-refractivity contribution < 1.29 is 13.2 Å². The van der Waals surface area contributed by atoms with E-state index < -0.39 is 11.7 Å². The van der Waals surface area contributed by atoms with E-state index in [0.29, 0.717) is 24.1 Å². The summed E-state index contributed by atoms with van der Waals surface area (Å²) < 4.78 is 39.9. The van der Waals surface area contributed by atoms with Crippen LogP contribution >= 0.6 is 0 Å². The fourth-order valence-corrected chi connectivity index (χ4v) is 4.15. The van der Waals surface area contributed by atoms with E-state index in [-0.39, 0.29) is 0 Å². The Morgan fingerprint density at radius 2 is 1.79 bits per heavy atom. The minimum atomic E-state index is -4.28. The molecule has 1 atom stereocenters. The van der Waals surface area contributed by atoms with E-state index in [4.69, 9.17) is 0 Å². The topological polar surface area (TPSA) is 15.3 Å². The van der Waals surface area contributed by atoms with Gasteiger partial charge >= 0.3 is 6.18 Å². The van der Waals surface area contributed by atoms with Gasteiger partial charge in [-0.15, -0.1) is 0 Å². The van der Waals surface area contributed by atoms with E-state index in [0.717, 1.165) is 26.1 Å². The Morgan fingerprint density at radius 1 is 1.04 bits per heavy atom. The number of hydrogen-bond acceptors (Lipinski definition) is 2. The van der Waals surface area contributed by atoms with Gasteiger partial charge in [0.05, 0.1) is 5.56 Å². The Hall–Kier alpha value is -1.07. The van der Waals surface area contributed by atoms with Crippen molar-refractivity contribution in [3.8, 4) is 0 Å². The molecule has 0 unspecified atom stereocenters. The highest BCUT2D eigenvalue weighted by Gasteiger charge is 2.34. The van der Waals surface area contributed by atoms with Gasteiger partial charge in [-0.3, -0.25) is 4.90 Å². The molecule has 1 saturated carbocycles. The molecule has 1 saturated heterocycles. The molecule has 5 heteroatoms. The van der Waals surface area contributed by atoms with Crippen LogP contribution in [0.1, 0.15) is 49.7 Å². The molecule has 0 bridgehead atoms. The average Bonchev–Trinajstić information content (AvgIpc) is 3.09. The monoisotopic (exact) mass is 340 g/mol. The molecule has 0 spiro atoms. The molecule has 2 fully saturated rings. The summed E-state index contributed by atoms with van der Waals surface area (Å²) in [6.07, 6.45) is 3.02. The molecule has 1 aromatic rings. The third-order valence-electron chi connectivity index (χ3n) is 5.46. The largest absolute Gasteiger partial charge is 0.416 e. The molecule has 1 heterocycles. The minimum absolute atomic E-state index is 0.355. The number of nitrogens with one attached hydrogen (secondary N) is 1. The number of halogens is 3. The predicted molar refractivity (Wildman–Crippen MR) is 89.7 cm³/mol. The summed E-state index contributed by atoms with van der Waals surface area (Å²) in [7, 11) is 0. The van der Waals surface area contributed by atoms with Crippen LogP contribution in [0.25, 0.3) is 0 Å². The van der Waals surface area contributed by atoms with E-state index in [9.17, 15) is 13.2 Å². The lowest BCUT2D eigenvalue weighted by molar-refractivity contribution is -0.138. The van der Waals surface area contributed by atoms with Gasteiger partial charge in [-0.25, -0.2) is 0 Å². The van der Waals surface area contributed by atoms with Crippen LogP contribution in [0.2, 0.25) is 0 Å². The van der Waals surface area contributed by atoms with Crippen molar-refractivity contribution in [2.45, 2.75) is 57.3 Å². The van der Waals surface area contributed by atoms with Gasteiger partial charge in [-0.2, -0.15) is 13.2 Å². The van der Waals surface area contributed by atoms with Crippen LogP contribution in [0.15, 0.2) is 24.3 Å². The Kier molecular flexibility index (Phi) is 5.82. The maximum atomic E-state index is 13.3. The quantitative estimate of drug-likeness (QED) is 0.852. The number of rotatable bonds is 5. The summed E-state index contributed by atoms with van der Waals surface area (Å²) in [6.45, 7) is 3.19. The molecule has 1 N–H and O–H groups in total. The van der Waals surface area contributed by atoms with Crippen molar-refractivity contribution in [1.29, 1.82) is 0 Å². The van der Waals surface area contributed by atoms with Gasteiger partial charge in [-0.1, -0.05) is 37.5 Å². The first kappa shape index (κ1) is 17.7. The second kappa shape index (κ2) is 7.87. The number of alkyl halides is 3. The Balaban J connectivity index is 1.76. The van der Waals surface area contributed by atoms with Crippen molar-refractivity contribution in [2.24, 2.45) is 5.92 Å². The van der Waals surface area contributed by atoms with Crippen molar-refractivity contribution in [3.05, 3.63) is 35.4 Å². The summed E-state index contributed by atoms with van der Waals surface area (Å²) in [5.41, 5.74) is -0.0719. The van der Waals surface area contributed by atoms with Crippen molar-refractivity contribution >= 4 is 0 Å². The summed E-state index contributed by atoms with van der Waals surface area (Å²) >= 11 is 0. The Labute approximate surface area is 142 Å². The smallest absolute Gasteiger partial charge is 0.315 e. The fourth-order valence-electron chi connectivity index (χ4n) is 4.15. The van der Waals surface area contributed by atoms with Crippen LogP contribution in [-0.4, -0.2) is 30.6 Å². The third kappa shape index (κ3) is 4.51. The maximum Gasteiger partial charge on any atom is 0.416 e. The minimum Gasteiger partial charge on any atom is -0.315 e. The molecule has 0 radical (unpaired) electrons. The molecule has 2 nitrogen and oxygen atoms in total. The van der Waals surface area contributed by atoms with Crippen LogP contribution in [0.4, 0.5) is 13.2 Å². The lowest BCUT2D eigenvalue weighted by Gasteiger charge is -2.34. The van der Waals surface area contributed by atoms with Gasteiger partial charge in [0.1, 0.15) is 0 Å². The third-order valence-corrected chi connectivity index (χ3v) is 5.46. The summed E-state index contributed by atoms with van der Waals surface area (Å²) in [6, 6.07) is 6.40. The molecular formula is C19H27F3N2. The van der Waals surface area contributed by atoms with Crippen LogP contribution in [0, 0.1) is 5.92 Å². The lowest BCUT2D eigenvalue weighted by Crippen LogP contribution is -2.40. The molecule has 3 rings (SSSR count). The predicted octanol–water partition coefficient (Wildman–Crippen LogP) is 4.45. The van der Waals surface area contributed by atoms with Gasteiger partial charge in [0.25, 0.3) is 0 Å². The van der Waals surface area contributed by atoms with Gasteiger partial charge in [0.15, 0.2) is 0 Å². The van der Waals surface area contributed by atoms with E-state index in [1.165, 1.54) is 44.2 Å². The molecule has 134 valence electrons. The Bertz CT molecular complexity index is 518. The normalized spacial score (nSPS) is 23.1. The highest BCUT2D eigenvalue weighted by Crippen LogP contribution is 2.33. The molecule has 0 aromatic heterocycles. The second-order valence-electron chi connectivity index (χ2n) is 7.24. The highest BCUT2D eigenvalue weighted by molar-refractivity contribution is 5.29. The van der Waals surface area contributed by atoms with Crippen LogP contribution in [0.3, 0.4) is 0 Å². The fraction of sp³-hybridized carbons (Fsp3) is 0.684. The number of hydrogen-bond donors (Lipinski definition) is 1. The Morgan fingerprint density at radius 3 is 2.46 bits per heavy atom. The number of nitrogens with zero attached hydrogens (tertiary/aromatic N) is 1. The van der Waals surface area contributed by atoms with Crippen LogP contribution < -0.4 is 5.32 Å². The SMILES string of the molecule is FC(F)(F)c1ccccc1CN(CC1CCCCC1)[C@H]1CCNC1. The zero-order chi connectivity index (χ0) is 17.0. The van der Waals surface area contributed by atoms with E-state index >= 15 is 0 Å². The first-order valence-corrected chi connectivity index (χ1v) is 9.14. The second-order valence-corrected chi connectivity index (χ2v) is 7.24. The summed E-state index contributed by atoms with van der Waals surface area (Å²) in [5.74, 6) is 0.636. The molecule has 1 aliphatic heterocycles. The molecule has 2 aliphatic rings. The molecular weight excluding hydrogens is 313 g/mol. The zero-order valence-electron chi connectivity index (χ0n) is 14.1. The van der Waals surface area contributed by atoms with E-state index in [2.05, 4.69) is 10.2 Å². The van der Waals surface area contributed by atoms with Crippen LogP contribution in [0.5, 0.6) is 0 Å². The maximum absolute atomic E-state index is 13.3. The van der Waals surface area contributed by atoms with E-state index in [1.807, 2.05) is 0 Å². The molecule has 1 aliphatic carbocycles. The van der Waals surface area contributed by atoms with Gasteiger partial charge < -0.3 is 5.32 Å². The first-order valence-electron chi connectivity index (χ1n) is 9.14. The van der Waals surface area contributed by atoms with Gasteiger partial charge in [-0.05, 0) is 43.4 Å². The van der Waals surface area contributed by atoms with Crippen molar-refractivity contribution in [3.63, 3.8) is 0 Å². The standard InChI is InChI=1S/C19H27F3N2/c20-19(21,22)18-9-5-4-8-16(18)14-24(17-10-11-23-12-17)13-15-6-2-1-3-7-15/h4-5,8-9,15,17,23H,1-3,6-7,10-14H2/t17-/m0/s1. The van der Waals surface area contributed by atoms with Crippen molar-refractivity contribution in [1.82, 2.24) is 10.2 Å². The van der Waals surface area contributed by atoms with Crippen molar-refractivity contribution in [2.75, 3.05) is 19.6 Å².